The molecular formula is C17H35IN4. The van der Waals surface area contributed by atoms with Crippen molar-refractivity contribution in [2.24, 2.45) is 10.4 Å². The summed E-state index contributed by atoms with van der Waals surface area (Å²) in [5.41, 5.74) is 0.613. The Labute approximate surface area is 154 Å². The molecule has 1 N–H and O–H groups in total. The maximum absolute atomic E-state index is 4.52. The smallest absolute Gasteiger partial charge is 0.193 e. The third kappa shape index (κ3) is 4.73. The van der Waals surface area contributed by atoms with Crippen molar-refractivity contribution in [3.63, 3.8) is 0 Å². The van der Waals surface area contributed by atoms with Gasteiger partial charge in [0.25, 0.3) is 0 Å². The first-order valence-corrected chi connectivity index (χ1v) is 8.84. The van der Waals surface area contributed by atoms with Crippen molar-refractivity contribution in [3.05, 3.63) is 0 Å². The molecule has 1 saturated heterocycles. The summed E-state index contributed by atoms with van der Waals surface area (Å²) in [7, 11) is 1.92. The van der Waals surface area contributed by atoms with Crippen molar-refractivity contribution >= 4 is 29.9 Å². The van der Waals surface area contributed by atoms with E-state index < -0.39 is 0 Å². The van der Waals surface area contributed by atoms with Crippen molar-refractivity contribution in [2.75, 3.05) is 39.8 Å². The van der Waals surface area contributed by atoms with Gasteiger partial charge in [-0.2, -0.15) is 0 Å². The van der Waals surface area contributed by atoms with Gasteiger partial charge in [0.15, 0.2) is 5.96 Å². The van der Waals surface area contributed by atoms with Gasteiger partial charge in [0.1, 0.15) is 0 Å². The number of likely N-dealkylation sites (N-methyl/N-ethyl adjacent to an activating group) is 1. The fourth-order valence-electron chi connectivity index (χ4n) is 4.20. The highest BCUT2D eigenvalue weighted by molar-refractivity contribution is 14.0. The molecule has 0 amide bonds. The number of nitrogens with one attached hydrogen (secondary N) is 1. The van der Waals surface area contributed by atoms with Crippen LogP contribution in [0.1, 0.15) is 52.9 Å². The largest absolute Gasteiger partial charge is 0.355 e. The molecule has 5 heteroatoms. The van der Waals surface area contributed by atoms with E-state index in [2.05, 4.69) is 40.9 Å². The van der Waals surface area contributed by atoms with Crippen LogP contribution in [-0.2, 0) is 0 Å². The third-order valence-electron chi connectivity index (χ3n) is 5.61. The molecule has 1 unspecified atom stereocenters. The van der Waals surface area contributed by atoms with Gasteiger partial charge in [0, 0.05) is 32.7 Å². The van der Waals surface area contributed by atoms with Gasteiger partial charge in [-0.15, -0.1) is 24.0 Å². The van der Waals surface area contributed by atoms with Crippen LogP contribution in [0.15, 0.2) is 4.99 Å². The Hall–Kier alpha value is -0.0400. The molecule has 0 aromatic rings. The number of hydrogen-bond acceptors (Lipinski definition) is 2. The Kier molecular flexibility index (Phi) is 8.46. The van der Waals surface area contributed by atoms with Crippen LogP contribution < -0.4 is 5.32 Å². The highest BCUT2D eigenvalue weighted by atomic mass is 127. The summed E-state index contributed by atoms with van der Waals surface area (Å²) in [4.78, 5) is 9.50. The van der Waals surface area contributed by atoms with Crippen molar-refractivity contribution in [1.82, 2.24) is 15.1 Å². The quantitative estimate of drug-likeness (QED) is 0.420. The predicted octanol–water partition coefficient (Wildman–Crippen LogP) is 3.18. The van der Waals surface area contributed by atoms with Gasteiger partial charge in [-0.25, -0.2) is 0 Å². The fraction of sp³-hybridized carbons (Fsp3) is 0.941. The molecule has 1 aliphatic heterocycles. The van der Waals surface area contributed by atoms with Gasteiger partial charge in [0.2, 0.25) is 0 Å². The second kappa shape index (κ2) is 9.30. The van der Waals surface area contributed by atoms with E-state index in [1.807, 2.05) is 7.05 Å². The molecule has 0 aromatic carbocycles. The van der Waals surface area contributed by atoms with Gasteiger partial charge >= 0.3 is 0 Å². The van der Waals surface area contributed by atoms with Crippen LogP contribution in [0.4, 0.5) is 0 Å². The predicted molar refractivity (Wildman–Crippen MR) is 106 cm³/mol. The average molecular weight is 422 g/mol. The zero-order valence-electron chi connectivity index (χ0n) is 14.9. The highest BCUT2D eigenvalue weighted by Gasteiger charge is 2.41. The van der Waals surface area contributed by atoms with Gasteiger partial charge in [-0.3, -0.25) is 9.89 Å². The maximum Gasteiger partial charge on any atom is 0.193 e. The molecule has 1 atom stereocenters. The molecule has 130 valence electrons. The molecule has 2 aliphatic rings. The monoisotopic (exact) mass is 422 g/mol. The average Bonchev–Trinajstić information content (AvgIpc) is 3.12. The molecule has 2 fully saturated rings. The zero-order valence-corrected chi connectivity index (χ0v) is 17.2. The van der Waals surface area contributed by atoms with Crippen LogP contribution in [0, 0.1) is 5.41 Å². The summed E-state index contributed by atoms with van der Waals surface area (Å²) in [6, 6.07) is 0.555. The van der Waals surface area contributed by atoms with Crippen molar-refractivity contribution < 1.29 is 0 Å². The lowest BCUT2D eigenvalue weighted by Gasteiger charge is -2.30. The Balaban J connectivity index is 0.00000242. The van der Waals surface area contributed by atoms with Crippen LogP contribution in [0.2, 0.25) is 0 Å². The Bertz CT molecular complexity index is 349. The first-order chi connectivity index (χ1) is 10.1. The number of nitrogens with zero attached hydrogens (tertiary/aromatic N) is 3. The van der Waals surface area contributed by atoms with E-state index in [1.54, 1.807) is 0 Å². The van der Waals surface area contributed by atoms with Gasteiger partial charge in [0.05, 0.1) is 0 Å². The normalized spacial score (nSPS) is 22.2. The van der Waals surface area contributed by atoms with E-state index >= 15 is 0 Å². The first kappa shape index (κ1) is 20.0. The highest BCUT2D eigenvalue weighted by Crippen LogP contribution is 2.45. The van der Waals surface area contributed by atoms with Crippen LogP contribution in [0.25, 0.3) is 0 Å². The lowest BCUT2D eigenvalue weighted by Crippen LogP contribution is -2.47. The van der Waals surface area contributed by atoms with Crippen molar-refractivity contribution in [3.8, 4) is 0 Å². The molecule has 1 spiro atoms. The van der Waals surface area contributed by atoms with Gasteiger partial charge < -0.3 is 10.2 Å². The Morgan fingerprint density at radius 1 is 1.23 bits per heavy atom. The van der Waals surface area contributed by atoms with E-state index in [1.165, 1.54) is 45.2 Å². The van der Waals surface area contributed by atoms with Crippen molar-refractivity contribution in [2.45, 2.75) is 58.9 Å². The minimum atomic E-state index is 0. The van der Waals surface area contributed by atoms with Crippen LogP contribution in [0.3, 0.4) is 0 Å². The topological polar surface area (TPSA) is 30.9 Å². The summed E-state index contributed by atoms with van der Waals surface area (Å²) < 4.78 is 0. The summed E-state index contributed by atoms with van der Waals surface area (Å²) >= 11 is 0. The molecule has 0 radical (unpaired) electrons. The van der Waals surface area contributed by atoms with E-state index in [4.69, 9.17) is 0 Å². The molecule has 0 bridgehead atoms. The number of rotatable bonds is 5. The number of halogens is 1. The minimum absolute atomic E-state index is 0. The molecule has 1 aliphatic carbocycles. The maximum atomic E-state index is 4.52. The molecule has 22 heavy (non-hydrogen) atoms. The van der Waals surface area contributed by atoms with Gasteiger partial charge in [-0.1, -0.05) is 26.7 Å². The number of guanidine groups is 1. The second-order valence-corrected chi connectivity index (χ2v) is 6.88. The molecule has 4 nitrogen and oxygen atoms in total. The van der Waals surface area contributed by atoms with Gasteiger partial charge in [-0.05, 0) is 44.7 Å². The van der Waals surface area contributed by atoms with E-state index in [-0.39, 0.29) is 24.0 Å². The Morgan fingerprint density at radius 3 is 2.41 bits per heavy atom. The third-order valence-corrected chi connectivity index (χ3v) is 5.61. The van der Waals surface area contributed by atoms with Crippen molar-refractivity contribution in [1.29, 1.82) is 0 Å². The number of likely N-dealkylation sites (tertiary alicyclic amines) is 1. The number of aliphatic imine (C=N–C) groups is 1. The minimum Gasteiger partial charge on any atom is -0.355 e. The molecule has 1 saturated carbocycles. The second-order valence-electron chi connectivity index (χ2n) is 6.88. The SMILES string of the molecule is CCN(CC)C(C)CNC(=NC)N1CCC2(CCCC2)C1.I. The molecular weight excluding hydrogens is 387 g/mol. The lowest BCUT2D eigenvalue weighted by atomic mass is 9.86. The lowest BCUT2D eigenvalue weighted by molar-refractivity contribution is 0.230. The standard InChI is InChI=1S/C17H34N4.HI/c1-5-20(6-2)15(3)13-19-16(18-4)21-12-11-17(14-21)9-7-8-10-17;/h15H,5-14H2,1-4H3,(H,18,19);1H. The summed E-state index contributed by atoms with van der Waals surface area (Å²) in [5.74, 6) is 1.11. The number of hydrogen-bond donors (Lipinski definition) is 1. The zero-order chi connectivity index (χ0) is 15.3. The molecule has 2 rings (SSSR count). The van der Waals surface area contributed by atoms with E-state index in [9.17, 15) is 0 Å². The van der Waals surface area contributed by atoms with Crippen LogP contribution in [-0.4, -0.2) is 61.6 Å². The summed E-state index contributed by atoms with van der Waals surface area (Å²) in [5, 5.41) is 3.60. The van der Waals surface area contributed by atoms with Crippen LogP contribution in [0.5, 0.6) is 0 Å². The molecule has 0 aromatic heterocycles. The fourth-order valence-corrected chi connectivity index (χ4v) is 4.20. The molecule has 1 heterocycles. The summed E-state index contributed by atoms with van der Waals surface area (Å²) in [6.45, 7) is 12.4. The van der Waals surface area contributed by atoms with E-state index in [0.717, 1.165) is 25.6 Å². The summed E-state index contributed by atoms with van der Waals surface area (Å²) in [6.07, 6.45) is 7.07. The Morgan fingerprint density at radius 2 is 1.86 bits per heavy atom. The first-order valence-electron chi connectivity index (χ1n) is 8.84. The van der Waals surface area contributed by atoms with E-state index in [0.29, 0.717) is 11.5 Å². The van der Waals surface area contributed by atoms with Crippen LogP contribution >= 0.6 is 24.0 Å².